The topological polar surface area (TPSA) is 158 Å². The van der Waals surface area contributed by atoms with Crippen LogP contribution in [0.5, 0.6) is 0 Å². The van der Waals surface area contributed by atoms with Gasteiger partial charge in [0.25, 0.3) is 0 Å². The molecule has 12 atom stereocenters. The largest absolute Gasteiger partial charge is 0.472 e. The number of fused-ring (bicyclic) bond motifs is 1. The lowest BCUT2D eigenvalue weighted by Crippen LogP contribution is -2.33. The van der Waals surface area contributed by atoms with Crippen molar-refractivity contribution in [3.8, 4) is 0 Å². The minimum absolute atomic E-state index is 0.123. The second-order valence-corrected chi connectivity index (χ2v) is 11.8. The van der Waals surface area contributed by atoms with Crippen LogP contribution in [0.25, 0.3) is 0 Å². The van der Waals surface area contributed by atoms with Gasteiger partial charge < -0.3 is 33.5 Å². The van der Waals surface area contributed by atoms with E-state index in [9.17, 15) is 18.9 Å². The molecule has 1 aliphatic carbocycles. The lowest BCUT2D eigenvalue weighted by molar-refractivity contribution is -0.0482. The van der Waals surface area contributed by atoms with Crippen LogP contribution < -0.4 is 0 Å². The molecular weight excluding hydrogens is 508 g/mol. The van der Waals surface area contributed by atoms with Gasteiger partial charge in [0.15, 0.2) is 0 Å². The van der Waals surface area contributed by atoms with E-state index in [0.717, 1.165) is 0 Å². The first-order valence-corrected chi connectivity index (χ1v) is 14.3. The maximum absolute atomic E-state index is 12.6. The first kappa shape index (κ1) is 28.2. The molecular formula is C18H30B2O13P2. The zero-order valence-electron chi connectivity index (χ0n) is 19.5. The van der Waals surface area contributed by atoms with Crippen LogP contribution in [0.15, 0.2) is 0 Å². The summed E-state index contributed by atoms with van der Waals surface area (Å²) in [5, 5.41) is 0. The van der Waals surface area contributed by atoms with Gasteiger partial charge in [-0.05, 0) is 19.3 Å². The summed E-state index contributed by atoms with van der Waals surface area (Å²) >= 11 is 0. The van der Waals surface area contributed by atoms with E-state index in [1.807, 2.05) is 0 Å². The first-order valence-electron chi connectivity index (χ1n) is 11.3. The summed E-state index contributed by atoms with van der Waals surface area (Å²) < 4.78 is 72.8. The maximum atomic E-state index is 12.6. The summed E-state index contributed by atoms with van der Waals surface area (Å²) in [5.74, 6) is -0.165. The van der Waals surface area contributed by atoms with Crippen LogP contribution in [0.4, 0.5) is 0 Å². The highest BCUT2D eigenvalue weighted by molar-refractivity contribution is 7.47. The van der Waals surface area contributed by atoms with Gasteiger partial charge >= 0.3 is 15.6 Å². The van der Waals surface area contributed by atoms with E-state index in [-0.39, 0.29) is 37.8 Å². The molecule has 2 N–H and O–H groups in total. The number of phosphoric ester groups is 2. The third-order valence-electron chi connectivity index (χ3n) is 6.34. The van der Waals surface area contributed by atoms with Gasteiger partial charge in [-0.25, -0.2) is 9.13 Å². The van der Waals surface area contributed by atoms with Gasteiger partial charge in [-0.1, -0.05) is 0 Å². The fraction of sp³-hybridized carbons (Fsp3) is 1.00. The second-order valence-electron chi connectivity index (χ2n) is 8.98. The Morgan fingerprint density at radius 1 is 0.800 bits per heavy atom. The molecule has 4 rings (SSSR count). The molecule has 3 heterocycles. The number of hydrogen-bond acceptors (Lipinski definition) is 11. The maximum Gasteiger partial charge on any atom is 0.472 e. The number of phosphoric acid groups is 2. The van der Waals surface area contributed by atoms with Crippen molar-refractivity contribution in [1.82, 2.24) is 0 Å². The number of hydrogen-bond donors (Lipinski definition) is 2. The second kappa shape index (κ2) is 11.5. The minimum Gasteiger partial charge on any atom is -0.382 e. The van der Waals surface area contributed by atoms with Crippen molar-refractivity contribution in [2.45, 2.75) is 74.0 Å². The van der Waals surface area contributed by atoms with Gasteiger partial charge in [-0.3, -0.25) is 18.1 Å². The smallest absolute Gasteiger partial charge is 0.382 e. The summed E-state index contributed by atoms with van der Waals surface area (Å²) in [6.07, 6.45) is -3.17. The molecule has 0 aromatic rings. The Balaban J connectivity index is 1.28. The van der Waals surface area contributed by atoms with Crippen LogP contribution in [0.2, 0.25) is 0 Å². The fourth-order valence-electron chi connectivity index (χ4n) is 4.58. The highest BCUT2D eigenvalue weighted by Crippen LogP contribution is 2.56. The Bertz CT molecular complexity index is 823. The van der Waals surface area contributed by atoms with E-state index >= 15 is 0 Å². The third kappa shape index (κ3) is 7.38. The monoisotopic (exact) mass is 538 g/mol. The van der Waals surface area contributed by atoms with Crippen molar-refractivity contribution in [3.63, 3.8) is 0 Å². The summed E-state index contributed by atoms with van der Waals surface area (Å²) in [6.45, 7) is -0.554. The molecule has 0 bridgehead atoms. The highest BCUT2D eigenvalue weighted by Gasteiger charge is 2.58. The van der Waals surface area contributed by atoms with Gasteiger partial charge in [0.1, 0.15) is 40.1 Å². The molecule has 4 aliphatic rings. The standard InChI is InChI=1S/C18H30B2O13P2/c1-25-6-13-12(5-17(20)30-13)32-34(21,22)28-8-15-18(9-3-10(9)29-15)33-35(23,24)27-7-14-11(26-2)4-16(19)31-14/h9-18H,3-8H2,1-2H3,(H,21,22)(H,23,24). The quantitative estimate of drug-likeness (QED) is 0.239. The third-order valence-corrected chi connectivity index (χ3v) is 8.33. The van der Waals surface area contributed by atoms with Crippen molar-refractivity contribution < 1.29 is 60.7 Å². The normalized spacial score (nSPS) is 44.1. The van der Waals surface area contributed by atoms with E-state index < -0.39 is 64.8 Å². The molecule has 0 spiro atoms. The lowest BCUT2D eigenvalue weighted by atomic mass is 9.96. The molecule has 3 aliphatic heterocycles. The predicted molar refractivity (Wildman–Crippen MR) is 119 cm³/mol. The molecule has 12 unspecified atom stereocenters. The van der Waals surface area contributed by atoms with E-state index in [0.29, 0.717) is 12.8 Å². The van der Waals surface area contributed by atoms with E-state index in [1.54, 1.807) is 0 Å². The molecule has 0 aromatic carbocycles. The molecule has 4 radical (unpaired) electrons. The van der Waals surface area contributed by atoms with Crippen LogP contribution in [0.1, 0.15) is 19.3 Å². The Kier molecular flexibility index (Phi) is 9.25. The van der Waals surface area contributed by atoms with Crippen molar-refractivity contribution >= 4 is 31.3 Å². The highest BCUT2D eigenvalue weighted by atomic mass is 31.2. The molecule has 4 fully saturated rings. The van der Waals surface area contributed by atoms with Crippen molar-refractivity contribution in [3.05, 3.63) is 0 Å². The van der Waals surface area contributed by atoms with Crippen molar-refractivity contribution in [1.29, 1.82) is 0 Å². The van der Waals surface area contributed by atoms with Crippen LogP contribution in [-0.4, -0.2) is 114 Å². The summed E-state index contributed by atoms with van der Waals surface area (Å²) in [7, 11) is 5.33. The van der Waals surface area contributed by atoms with E-state index in [2.05, 4.69) is 0 Å². The fourth-order valence-corrected chi connectivity index (χ4v) is 6.54. The SMILES string of the molecule is [B]C1CC(OC)C(COP(=O)(O)OC2C(COP(=O)(O)OC3CC([B])OC3COC)OC3CC32)O1. The molecule has 0 aromatic heterocycles. The predicted octanol–water partition coefficient (Wildman–Crippen LogP) is 0.00650. The van der Waals surface area contributed by atoms with Gasteiger partial charge in [0.05, 0.1) is 38.1 Å². The van der Waals surface area contributed by atoms with Gasteiger partial charge in [-0.2, -0.15) is 0 Å². The van der Waals surface area contributed by atoms with Crippen molar-refractivity contribution in [2.75, 3.05) is 34.0 Å². The van der Waals surface area contributed by atoms with Gasteiger partial charge in [0.2, 0.25) is 0 Å². The van der Waals surface area contributed by atoms with Gasteiger partial charge in [0, 0.05) is 32.1 Å². The summed E-state index contributed by atoms with van der Waals surface area (Å²) in [5.41, 5.74) is 0. The van der Waals surface area contributed by atoms with Crippen molar-refractivity contribution in [2.24, 2.45) is 5.92 Å². The Morgan fingerprint density at radius 2 is 1.37 bits per heavy atom. The minimum atomic E-state index is -4.54. The van der Waals surface area contributed by atoms with Crippen LogP contribution in [0, 0.1) is 5.92 Å². The average molecular weight is 538 g/mol. The van der Waals surface area contributed by atoms with Crippen LogP contribution >= 0.6 is 15.6 Å². The number of ether oxygens (including phenoxy) is 5. The molecule has 3 saturated heterocycles. The lowest BCUT2D eigenvalue weighted by Gasteiger charge is -2.26. The van der Waals surface area contributed by atoms with E-state index in [1.165, 1.54) is 14.2 Å². The Morgan fingerprint density at radius 3 is 2.00 bits per heavy atom. The zero-order chi connectivity index (χ0) is 25.4. The van der Waals surface area contributed by atoms with Crippen LogP contribution in [-0.2, 0) is 50.9 Å². The number of methoxy groups -OCH3 is 2. The Hall–Kier alpha value is 0.150. The first-order chi connectivity index (χ1) is 16.5. The Labute approximate surface area is 206 Å². The molecule has 35 heavy (non-hydrogen) atoms. The zero-order valence-corrected chi connectivity index (χ0v) is 21.2. The molecule has 17 heteroatoms. The number of rotatable bonds is 13. The van der Waals surface area contributed by atoms with Gasteiger partial charge in [-0.15, -0.1) is 0 Å². The van der Waals surface area contributed by atoms with Crippen LogP contribution in [0.3, 0.4) is 0 Å². The van der Waals surface area contributed by atoms with E-state index in [4.69, 9.17) is 57.5 Å². The molecule has 0 amide bonds. The molecule has 196 valence electrons. The molecule has 1 saturated carbocycles. The average Bonchev–Trinajstić information content (AvgIpc) is 3.15. The summed E-state index contributed by atoms with van der Waals surface area (Å²) in [6, 6.07) is -1.22. The summed E-state index contributed by atoms with van der Waals surface area (Å²) in [4.78, 5) is 20.4. The molecule has 13 nitrogen and oxygen atoms in total.